The van der Waals surface area contributed by atoms with Crippen LogP contribution in [0.3, 0.4) is 0 Å². The van der Waals surface area contributed by atoms with E-state index in [0.29, 0.717) is 0 Å². The first-order chi connectivity index (χ1) is 8.03. The van der Waals surface area contributed by atoms with Gasteiger partial charge in [0.1, 0.15) is 0 Å². The van der Waals surface area contributed by atoms with Crippen molar-refractivity contribution in [2.24, 2.45) is 17.6 Å². The SMILES string of the molecule is CCCC(C)(N)C(=O)N(CC1CC1)CC1CC1.Cl. The number of hydrogen-bond acceptors (Lipinski definition) is 2. The Hall–Kier alpha value is -0.280. The lowest BCUT2D eigenvalue weighted by Crippen LogP contribution is -2.54. The number of nitrogens with two attached hydrogens (primary N) is 1. The third kappa shape index (κ3) is 4.43. The minimum absolute atomic E-state index is 0. The Bertz CT molecular complexity index is 272. The topological polar surface area (TPSA) is 46.3 Å². The Morgan fingerprint density at radius 2 is 1.67 bits per heavy atom. The predicted molar refractivity (Wildman–Crippen MR) is 76.8 cm³/mol. The largest absolute Gasteiger partial charge is 0.341 e. The molecule has 2 aliphatic carbocycles. The van der Waals surface area contributed by atoms with Crippen LogP contribution in [0, 0.1) is 11.8 Å². The molecule has 1 unspecified atom stereocenters. The molecule has 18 heavy (non-hydrogen) atoms. The van der Waals surface area contributed by atoms with E-state index in [9.17, 15) is 4.79 Å². The van der Waals surface area contributed by atoms with Gasteiger partial charge in [-0.05, 0) is 50.9 Å². The van der Waals surface area contributed by atoms with Gasteiger partial charge in [-0.15, -0.1) is 12.4 Å². The lowest BCUT2D eigenvalue weighted by Gasteiger charge is -2.32. The fraction of sp³-hybridized carbons (Fsp3) is 0.929. The molecule has 2 aliphatic rings. The molecule has 106 valence electrons. The molecule has 0 spiro atoms. The Morgan fingerprint density at radius 1 is 1.22 bits per heavy atom. The van der Waals surface area contributed by atoms with Crippen LogP contribution in [0.1, 0.15) is 52.4 Å². The van der Waals surface area contributed by atoms with Crippen molar-refractivity contribution >= 4 is 18.3 Å². The highest BCUT2D eigenvalue weighted by molar-refractivity contribution is 5.86. The summed E-state index contributed by atoms with van der Waals surface area (Å²) in [6.07, 6.45) is 6.94. The zero-order valence-electron chi connectivity index (χ0n) is 11.7. The van der Waals surface area contributed by atoms with E-state index < -0.39 is 5.54 Å². The van der Waals surface area contributed by atoms with Gasteiger partial charge in [-0.25, -0.2) is 0 Å². The molecule has 0 aromatic heterocycles. The van der Waals surface area contributed by atoms with Crippen LogP contribution in [0.5, 0.6) is 0 Å². The van der Waals surface area contributed by atoms with Gasteiger partial charge >= 0.3 is 0 Å². The van der Waals surface area contributed by atoms with Crippen molar-refractivity contribution in [1.82, 2.24) is 4.90 Å². The van der Waals surface area contributed by atoms with Crippen LogP contribution in [0.25, 0.3) is 0 Å². The van der Waals surface area contributed by atoms with Crippen molar-refractivity contribution in [2.75, 3.05) is 13.1 Å². The molecule has 0 radical (unpaired) electrons. The number of halogens is 1. The molecule has 4 heteroatoms. The lowest BCUT2D eigenvalue weighted by atomic mass is 9.95. The molecule has 0 aromatic rings. The summed E-state index contributed by atoms with van der Waals surface area (Å²) in [4.78, 5) is 14.5. The van der Waals surface area contributed by atoms with Crippen LogP contribution in [0.4, 0.5) is 0 Å². The highest BCUT2D eigenvalue weighted by Crippen LogP contribution is 2.34. The van der Waals surface area contributed by atoms with Crippen molar-refractivity contribution < 1.29 is 4.79 Å². The number of carbonyl (C=O) groups excluding carboxylic acids is 1. The maximum absolute atomic E-state index is 12.5. The van der Waals surface area contributed by atoms with Crippen LogP contribution in [0.2, 0.25) is 0 Å². The Labute approximate surface area is 117 Å². The monoisotopic (exact) mass is 274 g/mol. The first kappa shape index (κ1) is 15.8. The van der Waals surface area contributed by atoms with Gasteiger partial charge in [0.25, 0.3) is 0 Å². The van der Waals surface area contributed by atoms with Crippen molar-refractivity contribution in [2.45, 2.75) is 57.9 Å². The van der Waals surface area contributed by atoms with Crippen molar-refractivity contribution in [3.05, 3.63) is 0 Å². The highest BCUT2D eigenvalue weighted by Gasteiger charge is 2.37. The number of hydrogen-bond donors (Lipinski definition) is 1. The van der Waals surface area contributed by atoms with Gasteiger partial charge in [0.15, 0.2) is 0 Å². The zero-order valence-corrected chi connectivity index (χ0v) is 12.5. The van der Waals surface area contributed by atoms with E-state index in [0.717, 1.165) is 37.8 Å². The number of carbonyl (C=O) groups is 1. The van der Waals surface area contributed by atoms with E-state index in [-0.39, 0.29) is 18.3 Å². The van der Waals surface area contributed by atoms with Crippen molar-refractivity contribution in [3.8, 4) is 0 Å². The first-order valence-electron chi connectivity index (χ1n) is 7.11. The van der Waals surface area contributed by atoms with Gasteiger partial charge in [-0.2, -0.15) is 0 Å². The van der Waals surface area contributed by atoms with E-state index in [4.69, 9.17) is 5.73 Å². The number of rotatable bonds is 7. The van der Waals surface area contributed by atoms with Crippen LogP contribution >= 0.6 is 12.4 Å². The van der Waals surface area contributed by atoms with Crippen LogP contribution < -0.4 is 5.73 Å². The number of amides is 1. The van der Waals surface area contributed by atoms with E-state index in [2.05, 4.69) is 11.8 Å². The minimum atomic E-state index is -0.654. The summed E-state index contributed by atoms with van der Waals surface area (Å²) in [5.41, 5.74) is 5.52. The molecule has 0 saturated heterocycles. The Morgan fingerprint density at radius 3 is 2.00 bits per heavy atom. The molecule has 0 aliphatic heterocycles. The summed E-state index contributed by atoms with van der Waals surface area (Å²) in [5.74, 6) is 1.70. The van der Waals surface area contributed by atoms with Gasteiger partial charge in [-0.1, -0.05) is 13.3 Å². The van der Waals surface area contributed by atoms with Crippen LogP contribution in [-0.4, -0.2) is 29.4 Å². The van der Waals surface area contributed by atoms with Gasteiger partial charge in [0.2, 0.25) is 5.91 Å². The molecule has 1 amide bonds. The van der Waals surface area contributed by atoms with E-state index in [1.807, 2.05) is 6.92 Å². The molecule has 0 aromatic carbocycles. The summed E-state index contributed by atoms with van der Waals surface area (Å²) in [5, 5.41) is 0. The smallest absolute Gasteiger partial charge is 0.242 e. The lowest BCUT2D eigenvalue weighted by molar-refractivity contribution is -0.137. The number of nitrogens with zero attached hydrogens (tertiary/aromatic N) is 1. The third-order valence-corrected chi connectivity index (χ3v) is 3.90. The summed E-state index contributed by atoms with van der Waals surface area (Å²) in [7, 11) is 0. The summed E-state index contributed by atoms with van der Waals surface area (Å²) >= 11 is 0. The standard InChI is InChI=1S/C14H26N2O.ClH/c1-3-8-14(2,15)13(17)16(9-11-4-5-11)10-12-6-7-12;/h11-12H,3-10,15H2,1-2H3;1H. The fourth-order valence-electron chi connectivity index (χ4n) is 2.45. The Balaban J connectivity index is 0.00000162. The molecule has 2 N–H and O–H groups in total. The molecule has 2 saturated carbocycles. The second kappa shape index (κ2) is 6.25. The average molecular weight is 275 g/mol. The summed E-state index contributed by atoms with van der Waals surface area (Å²) in [6, 6.07) is 0. The van der Waals surface area contributed by atoms with E-state index in [1.54, 1.807) is 0 Å². The maximum atomic E-state index is 12.5. The third-order valence-electron chi connectivity index (χ3n) is 3.90. The van der Waals surface area contributed by atoms with Gasteiger partial charge in [0, 0.05) is 13.1 Å². The van der Waals surface area contributed by atoms with Gasteiger partial charge in [-0.3, -0.25) is 4.79 Å². The minimum Gasteiger partial charge on any atom is -0.341 e. The average Bonchev–Trinajstić information content (AvgIpc) is 3.09. The molecule has 2 fully saturated rings. The van der Waals surface area contributed by atoms with E-state index in [1.165, 1.54) is 25.7 Å². The molecule has 0 heterocycles. The molecule has 0 bridgehead atoms. The van der Waals surface area contributed by atoms with Crippen molar-refractivity contribution in [1.29, 1.82) is 0 Å². The first-order valence-corrected chi connectivity index (χ1v) is 7.11. The highest BCUT2D eigenvalue weighted by atomic mass is 35.5. The van der Waals surface area contributed by atoms with Crippen LogP contribution in [0.15, 0.2) is 0 Å². The van der Waals surface area contributed by atoms with Crippen LogP contribution in [-0.2, 0) is 4.79 Å². The normalized spacial score (nSPS) is 21.9. The second-order valence-corrected chi connectivity index (χ2v) is 6.26. The van der Waals surface area contributed by atoms with Gasteiger partial charge in [0.05, 0.1) is 5.54 Å². The van der Waals surface area contributed by atoms with Crippen molar-refractivity contribution in [3.63, 3.8) is 0 Å². The molecule has 3 nitrogen and oxygen atoms in total. The predicted octanol–water partition coefficient (Wildman–Crippen LogP) is 2.57. The zero-order chi connectivity index (χ0) is 12.5. The molecule has 2 rings (SSSR count). The second-order valence-electron chi connectivity index (χ2n) is 6.26. The Kier molecular flexibility index (Phi) is 5.47. The summed E-state index contributed by atoms with van der Waals surface area (Å²) in [6.45, 7) is 5.88. The molecular formula is C14H27ClN2O. The quantitative estimate of drug-likeness (QED) is 0.776. The molecule has 1 atom stereocenters. The molecular weight excluding hydrogens is 248 g/mol. The maximum Gasteiger partial charge on any atom is 0.242 e. The fourth-order valence-corrected chi connectivity index (χ4v) is 2.45. The van der Waals surface area contributed by atoms with Gasteiger partial charge < -0.3 is 10.6 Å². The van der Waals surface area contributed by atoms with E-state index >= 15 is 0 Å². The summed E-state index contributed by atoms with van der Waals surface area (Å²) < 4.78 is 0.